The highest BCUT2D eigenvalue weighted by Crippen LogP contribution is 2.24. The summed E-state index contributed by atoms with van der Waals surface area (Å²) in [5.74, 6) is 0. The number of aryl methyl sites for hydroxylation is 1. The molecule has 0 atom stereocenters. The summed E-state index contributed by atoms with van der Waals surface area (Å²) in [6.45, 7) is 1.92. The van der Waals surface area contributed by atoms with Gasteiger partial charge in [-0.2, -0.15) is 5.26 Å². The number of anilines is 1. The molecule has 1 aromatic carbocycles. The topological polar surface area (TPSA) is 49.8 Å². The Morgan fingerprint density at radius 3 is 2.73 bits per heavy atom. The van der Waals surface area contributed by atoms with Crippen molar-refractivity contribution >= 4 is 21.6 Å². The van der Waals surface area contributed by atoms with Crippen LogP contribution in [0.5, 0.6) is 0 Å². The van der Waals surface area contributed by atoms with Gasteiger partial charge in [0, 0.05) is 4.47 Å². The van der Waals surface area contributed by atoms with Gasteiger partial charge in [-0.1, -0.05) is 0 Å². The van der Waals surface area contributed by atoms with Crippen molar-refractivity contribution in [1.29, 1.82) is 5.26 Å². The summed E-state index contributed by atoms with van der Waals surface area (Å²) in [7, 11) is 0. The molecule has 2 nitrogen and oxygen atoms in total. The Labute approximate surface area is 73.8 Å². The third-order valence-corrected chi connectivity index (χ3v) is 2.05. The first-order valence-corrected chi connectivity index (χ1v) is 3.90. The van der Waals surface area contributed by atoms with E-state index in [-0.39, 0.29) is 0 Å². The number of nitrogens with zero attached hydrogens (tertiary/aromatic N) is 1. The second kappa shape index (κ2) is 2.93. The smallest absolute Gasteiger partial charge is 0.101 e. The molecule has 0 unspecified atom stereocenters. The van der Waals surface area contributed by atoms with E-state index in [0.717, 1.165) is 10.0 Å². The lowest BCUT2D eigenvalue weighted by molar-refractivity contribution is 1.41. The summed E-state index contributed by atoms with van der Waals surface area (Å²) in [6, 6.07) is 5.67. The Morgan fingerprint density at radius 2 is 2.18 bits per heavy atom. The van der Waals surface area contributed by atoms with Gasteiger partial charge in [0.25, 0.3) is 0 Å². The van der Waals surface area contributed by atoms with Crippen molar-refractivity contribution in [3.05, 3.63) is 27.7 Å². The molecule has 2 N–H and O–H groups in total. The number of nitriles is 1. The van der Waals surface area contributed by atoms with Crippen molar-refractivity contribution in [3.63, 3.8) is 0 Å². The van der Waals surface area contributed by atoms with E-state index in [1.807, 2.05) is 19.1 Å². The van der Waals surface area contributed by atoms with E-state index in [0.29, 0.717) is 11.3 Å². The average molecular weight is 211 g/mol. The molecule has 0 fully saturated rings. The number of benzene rings is 1. The normalized spacial score (nSPS) is 9.18. The second-order valence-corrected chi connectivity index (χ2v) is 3.17. The molecule has 1 rings (SSSR count). The maximum Gasteiger partial charge on any atom is 0.101 e. The molecular formula is C8H7BrN2. The highest BCUT2D eigenvalue weighted by molar-refractivity contribution is 9.10. The van der Waals surface area contributed by atoms with Gasteiger partial charge in [-0.25, -0.2) is 0 Å². The van der Waals surface area contributed by atoms with E-state index >= 15 is 0 Å². The molecule has 0 aliphatic carbocycles. The maximum absolute atomic E-state index is 8.62. The Kier molecular flexibility index (Phi) is 2.16. The fraction of sp³-hybridized carbons (Fsp3) is 0.125. The number of nitrogen functional groups attached to an aromatic ring is 1. The van der Waals surface area contributed by atoms with Gasteiger partial charge in [0.1, 0.15) is 6.07 Å². The molecule has 56 valence electrons. The monoisotopic (exact) mass is 210 g/mol. The van der Waals surface area contributed by atoms with Gasteiger partial charge in [0.05, 0.1) is 11.3 Å². The minimum atomic E-state index is 0.512. The Hall–Kier alpha value is -1.01. The molecule has 1 aromatic rings. The zero-order valence-corrected chi connectivity index (χ0v) is 7.64. The van der Waals surface area contributed by atoms with Crippen molar-refractivity contribution in [2.24, 2.45) is 0 Å². The van der Waals surface area contributed by atoms with Crippen LogP contribution in [0.25, 0.3) is 0 Å². The molecule has 0 amide bonds. The quantitative estimate of drug-likeness (QED) is 0.668. The van der Waals surface area contributed by atoms with Crippen molar-refractivity contribution in [1.82, 2.24) is 0 Å². The minimum Gasteiger partial charge on any atom is -0.397 e. The van der Waals surface area contributed by atoms with E-state index < -0.39 is 0 Å². The molecule has 0 aromatic heterocycles. The van der Waals surface area contributed by atoms with Crippen LogP contribution in [0.15, 0.2) is 16.6 Å². The molecule has 3 heteroatoms. The molecule has 0 spiro atoms. The number of hydrogen-bond acceptors (Lipinski definition) is 2. The van der Waals surface area contributed by atoms with Crippen molar-refractivity contribution in [2.75, 3.05) is 5.73 Å². The SMILES string of the molecule is Cc1cc(Br)c(N)c(C#N)c1. The largest absolute Gasteiger partial charge is 0.397 e. The summed E-state index contributed by atoms with van der Waals surface area (Å²) in [6.07, 6.45) is 0. The first kappa shape index (κ1) is 8.09. The van der Waals surface area contributed by atoms with Crippen LogP contribution in [-0.4, -0.2) is 0 Å². The summed E-state index contributed by atoms with van der Waals surface area (Å²) >= 11 is 3.26. The van der Waals surface area contributed by atoms with E-state index in [2.05, 4.69) is 15.9 Å². The van der Waals surface area contributed by atoms with E-state index in [1.165, 1.54) is 0 Å². The molecule has 11 heavy (non-hydrogen) atoms. The van der Waals surface area contributed by atoms with Crippen LogP contribution in [-0.2, 0) is 0 Å². The van der Waals surface area contributed by atoms with Gasteiger partial charge in [-0.05, 0) is 40.5 Å². The van der Waals surface area contributed by atoms with E-state index in [1.54, 1.807) is 6.07 Å². The van der Waals surface area contributed by atoms with Crippen molar-refractivity contribution in [3.8, 4) is 6.07 Å². The predicted molar refractivity (Wildman–Crippen MR) is 48.0 cm³/mol. The summed E-state index contributed by atoms with van der Waals surface area (Å²) in [5, 5.41) is 8.62. The molecule has 0 saturated carbocycles. The van der Waals surface area contributed by atoms with Crippen LogP contribution < -0.4 is 5.73 Å². The van der Waals surface area contributed by atoms with E-state index in [4.69, 9.17) is 11.0 Å². The average Bonchev–Trinajstić information content (AvgIpc) is 1.96. The van der Waals surface area contributed by atoms with Crippen molar-refractivity contribution in [2.45, 2.75) is 6.92 Å². The number of rotatable bonds is 0. The summed E-state index contributed by atoms with van der Waals surface area (Å²) < 4.78 is 0.786. The Morgan fingerprint density at radius 1 is 1.55 bits per heavy atom. The fourth-order valence-electron chi connectivity index (χ4n) is 0.846. The Bertz CT molecular complexity index is 326. The van der Waals surface area contributed by atoms with Gasteiger partial charge in [-0.15, -0.1) is 0 Å². The molecular weight excluding hydrogens is 204 g/mol. The summed E-state index contributed by atoms with van der Waals surface area (Å²) in [4.78, 5) is 0. The van der Waals surface area contributed by atoms with E-state index in [9.17, 15) is 0 Å². The molecule has 0 heterocycles. The van der Waals surface area contributed by atoms with Crippen LogP contribution in [0.2, 0.25) is 0 Å². The van der Waals surface area contributed by atoms with Gasteiger partial charge in [-0.3, -0.25) is 0 Å². The molecule has 0 aliphatic rings. The summed E-state index contributed by atoms with van der Waals surface area (Å²) in [5.41, 5.74) is 7.66. The van der Waals surface area contributed by atoms with Crippen LogP contribution in [0.1, 0.15) is 11.1 Å². The van der Waals surface area contributed by atoms with Gasteiger partial charge < -0.3 is 5.73 Å². The third kappa shape index (κ3) is 1.52. The van der Waals surface area contributed by atoms with Crippen LogP contribution in [0.4, 0.5) is 5.69 Å². The maximum atomic E-state index is 8.62. The molecule has 0 aliphatic heterocycles. The third-order valence-electron chi connectivity index (χ3n) is 1.39. The Balaban J connectivity index is 3.39. The first-order chi connectivity index (χ1) is 5.15. The lowest BCUT2D eigenvalue weighted by atomic mass is 10.1. The number of nitrogens with two attached hydrogens (primary N) is 1. The lowest BCUT2D eigenvalue weighted by Gasteiger charge is -2.01. The molecule has 0 saturated heterocycles. The standard InChI is InChI=1S/C8H7BrN2/c1-5-2-6(4-10)8(11)7(9)3-5/h2-3H,11H2,1H3. The second-order valence-electron chi connectivity index (χ2n) is 2.32. The molecule has 0 bridgehead atoms. The van der Waals surface area contributed by atoms with Crippen LogP contribution in [0, 0.1) is 18.3 Å². The zero-order valence-electron chi connectivity index (χ0n) is 6.06. The highest BCUT2D eigenvalue weighted by Gasteiger charge is 2.02. The van der Waals surface area contributed by atoms with Crippen LogP contribution >= 0.6 is 15.9 Å². The number of hydrogen-bond donors (Lipinski definition) is 1. The van der Waals surface area contributed by atoms with Crippen molar-refractivity contribution < 1.29 is 0 Å². The first-order valence-electron chi connectivity index (χ1n) is 3.11. The van der Waals surface area contributed by atoms with Gasteiger partial charge in [0.15, 0.2) is 0 Å². The minimum absolute atomic E-state index is 0.512. The lowest BCUT2D eigenvalue weighted by Crippen LogP contribution is -1.92. The zero-order chi connectivity index (χ0) is 8.43. The number of halogens is 1. The fourth-order valence-corrected chi connectivity index (χ4v) is 1.42. The van der Waals surface area contributed by atoms with Crippen LogP contribution in [0.3, 0.4) is 0 Å². The molecule has 0 radical (unpaired) electrons. The highest BCUT2D eigenvalue weighted by atomic mass is 79.9. The predicted octanol–water partition coefficient (Wildman–Crippen LogP) is 2.21. The van der Waals surface area contributed by atoms with Gasteiger partial charge in [0.2, 0.25) is 0 Å². The van der Waals surface area contributed by atoms with Gasteiger partial charge >= 0.3 is 0 Å².